The van der Waals surface area contributed by atoms with Crippen LogP contribution >= 0.6 is 15.9 Å². The van der Waals surface area contributed by atoms with Crippen molar-refractivity contribution in [1.82, 2.24) is 9.80 Å². The zero-order chi connectivity index (χ0) is 34.2. The van der Waals surface area contributed by atoms with E-state index in [9.17, 15) is 14.4 Å². The fourth-order valence-corrected chi connectivity index (χ4v) is 9.43. The summed E-state index contributed by atoms with van der Waals surface area (Å²) in [6, 6.07) is 28.9. The number of halogens is 1. The number of piperidine rings is 1. The maximum absolute atomic E-state index is 13.7. The van der Waals surface area contributed by atoms with Gasteiger partial charge < -0.3 is 19.1 Å². The van der Waals surface area contributed by atoms with Gasteiger partial charge in [-0.2, -0.15) is 0 Å². The van der Waals surface area contributed by atoms with Crippen LogP contribution in [0.2, 0.25) is 0 Å². The number of hydrogen-bond donors (Lipinski definition) is 0. The number of likely N-dealkylation sites (tertiary alicyclic amines) is 1. The highest BCUT2D eigenvalue weighted by atomic mass is 79.9. The van der Waals surface area contributed by atoms with Crippen LogP contribution in [0.4, 0.5) is 4.79 Å². The molecule has 4 aromatic rings. The van der Waals surface area contributed by atoms with E-state index in [0.29, 0.717) is 48.1 Å². The Labute approximate surface area is 300 Å². The number of fused-ring (bicyclic) bond motifs is 2. The first-order valence-corrected chi connectivity index (χ1v) is 18.3. The summed E-state index contributed by atoms with van der Waals surface area (Å²) in [7, 11) is 0. The van der Waals surface area contributed by atoms with Crippen molar-refractivity contribution in [2.75, 3.05) is 19.7 Å². The molecule has 0 aromatic heterocycles. The lowest BCUT2D eigenvalue weighted by molar-refractivity contribution is -0.0140. The van der Waals surface area contributed by atoms with Crippen molar-refractivity contribution in [2.45, 2.75) is 63.2 Å². The summed E-state index contributed by atoms with van der Waals surface area (Å²) in [5, 5.41) is 0. The Bertz CT molecular complexity index is 1900. The SMILES string of the molecule is O=C1c2ccccc2C(=O)N1CCOc1c(OCc2ccccc2)cc2c(c1Br)C[C@H]1C3CCCC[C@@]23CCN1C(=O)OCc1ccccc1. The molecular formula is C41H39BrN2O6. The third-order valence-corrected chi connectivity index (χ3v) is 12.0. The molecule has 2 heterocycles. The van der Waals surface area contributed by atoms with Crippen LogP contribution in [0.15, 0.2) is 95.5 Å². The predicted molar refractivity (Wildman–Crippen MR) is 191 cm³/mol. The average Bonchev–Trinajstić information content (AvgIpc) is 3.40. The number of imide groups is 1. The van der Waals surface area contributed by atoms with Gasteiger partial charge in [-0.25, -0.2) is 4.79 Å². The van der Waals surface area contributed by atoms with Gasteiger partial charge in [-0.15, -0.1) is 0 Å². The Morgan fingerprint density at radius 2 is 1.48 bits per heavy atom. The number of nitrogens with zero attached hydrogens (tertiary/aromatic N) is 2. The highest BCUT2D eigenvalue weighted by Gasteiger charge is 2.56. The molecule has 50 heavy (non-hydrogen) atoms. The zero-order valence-corrected chi connectivity index (χ0v) is 29.4. The number of benzene rings is 4. The molecule has 0 spiro atoms. The summed E-state index contributed by atoms with van der Waals surface area (Å²) in [4.78, 5) is 43.0. The van der Waals surface area contributed by atoms with Crippen LogP contribution in [0.1, 0.15) is 75.1 Å². The van der Waals surface area contributed by atoms with Crippen molar-refractivity contribution in [2.24, 2.45) is 5.92 Å². The van der Waals surface area contributed by atoms with Crippen molar-refractivity contribution in [3.8, 4) is 11.5 Å². The van der Waals surface area contributed by atoms with Gasteiger partial charge in [0, 0.05) is 18.0 Å². The standard InChI is InChI=1S/C41H39BrN2O6/c42-36-31-23-34-32-17-9-10-18-41(32,19-20-43(34)40(47)50-26-28-13-5-2-6-14-28)33(31)24-35(49-25-27-11-3-1-4-12-27)37(36)48-22-21-44-38(45)29-15-7-8-16-30(29)39(44)46/h1-8,11-16,24,32,34H,9-10,17-23,25-26H2/t32?,34-,41-/m0/s1. The van der Waals surface area contributed by atoms with Gasteiger partial charge in [0.1, 0.15) is 19.8 Å². The first-order chi connectivity index (χ1) is 24.4. The summed E-state index contributed by atoms with van der Waals surface area (Å²) in [6.07, 6.45) is 5.64. The van der Waals surface area contributed by atoms with Crippen LogP contribution in [-0.4, -0.2) is 53.4 Å². The number of carbonyl (C=O) groups is 3. The van der Waals surface area contributed by atoms with Crippen LogP contribution in [-0.2, 0) is 29.8 Å². The zero-order valence-electron chi connectivity index (χ0n) is 27.8. The molecule has 2 bridgehead atoms. The van der Waals surface area contributed by atoms with E-state index in [1.807, 2.05) is 65.6 Å². The van der Waals surface area contributed by atoms with Gasteiger partial charge in [0.15, 0.2) is 11.5 Å². The molecule has 4 aliphatic rings. The highest BCUT2D eigenvalue weighted by Crippen LogP contribution is 2.59. The monoisotopic (exact) mass is 734 g/mol. The summed E-state index contributed by atoms with van der Waals surface area (Å²) < 4.78 is 19.7. The minimum Gasteiger partial charge on any atom is -0.487 e. The maximum Gasteiger partial charge on any atom is 0.410 e. The molecule has 1 unspecified atom stereocenters. The summed E-state index contributed by atoms with van der Waals surface area (Å²) in [5.74, 6) is 0.862. The van der Waals surface area contributed by atoms with Crippen molar-refractivity contribution in [1.29, 1.82) is 0 Å². The molecule has 8 rings (SSSR count). The molecule has 3 amide bonds. The highest BCUT2D eigenvalue weighted by molar-refractivity contribution is 9.10. The molecular weight excluding hydrogens is 696 g/mol. The third kappa shape index (κ3) is 5.75. The maximum atomic E-state index is 13.7. The summed E-state index contributed by atoms with van der Waals surface area (Å²) in [6.45, 7) is 1.45. The first kappa shape index (κ1) is 32.6. The lowest BCUT2D eigenvalue weighted by Crippen LogP contribution is -2.62. The van der Waals surface area contributed by atoms with Crippen molar-refractivity contribution >= 4 is 33.8 Å². The Balaban J connectivity index is 1.10. The second kappa shape index (κ2) is 13.6. The molecule has 2 aliphatic heterocycles. The normalized spacial score (nSPS) is 22.0. The number of amides is 3. The Morgan fingerprint density at radius 3 is 2.18 bits per heavy atom. The van der Waals surface area contributed by atoms with Crippen LogP contribution < -0.4 is 9.47 Å². The van der Waals surface area contributed by atoms with Crippen molar-refractivity contribution in [3.05, 3.63) is 129 Å². The smallest absolute Gasteiger partial charge is 0.410 e. The Morgan fingerprint density at radius 1 is 0.820 bits per heavy atom. The van der Waals surface area contributed by atoms with Gasteiger partial charge in [-0.05, 0) is 88.0 Å². The molecule has 256 valence electrons. The van der Waals surface area contributed by atoms with Gasteiger partial charge >= 0.3 is 6.09 Å². The average molecular weight is 736 g/mol. The van der Waals surface area contributed by atoms with E-state index in [-0.39, 0.29) is 49.1 Å². The van der Waals surface area contributed by atoms with E-state index in [2.05, 4.69) is 22.0 Å². The number of carbonyl (C=O) groups excluding carboxylic acids is 3. The molecule has 4 aromatic carbocycles. The van der Waals surface area contributed by atoms with Crippen LogP contribution in [0, 0.1) is 5.92 Å². The van der Waals surface area contributed by atoms with E-state index in [1.165, 1.54) is 10.5 Å². The number of hydrogen-bond acceptors (Lipinski definition) is 6. The van der Waals surface area contributed by atoms with Crippen molar-refractivity contribution in [3.63, 3.8) is 0 Å². The molecule has 2 aliphatic carbocycles. The molecule has 1 saturated carbocycles. The minimum atomic E-state index is -0.311. The van der Waals surface area contributed by atoms with E-state index >= 15 is 0 Å². The van der Waals surface area contributed by atoms with Gasteiger partial charge in [-0.1, -0.05) is 85.6 Å². The van der Waals surface area contributed by atoms with Gasteiger partial charge in [-0.3, -0.25) is 14.5 Å². The van der Waals surface area contributed by atoms with Crippen molar-refractivity contribution < 1.29 is 28.6 Å². The van der Waals surface area contributed by atoms with E-state index in [0.717, 1.165) is 53.3 Å². The molecule has 9 heteroatoms. The molecule has 3 atom stereocenters. The fraction of sp³-hybridized carbons (Fsp3) is 0.341. The number of ether oxygens (including phenoxy) is 3. The number of rotatable bonds is 9. The Kier molecular flexibility index (Phi) is 8.85. The second-order valence-corrected chi connectivity index (χ2v) is 14.5. The lowest BCUT2D eigenvalue weighted by Gasteiger charge is -2.58. The largest absolute Gasteiger partial charge is 0.487 e. The van der Waals surface area contributed by atoms with E-state index in [1.54, 1.807) is 24.3 Å². The van der Waals surface area contributed by atoms with Gasteiger partial charge in [0.25, 0.3) is 11.8 Å². The van der Waals surface area contributed by atoms with Gasteiger partial charge in [0.2, 0.25) is 0 Å². The predicted octanol–water partition coefficient (Wildman–Crippen LogP) is 8.10. The Hall–Kier alpha value is -4.63. The topological polar surface area (TPSA) is 85.4 Å². The lowest BCUT2D eigenvalue weighted by atomic mass is 9.52. The quantitative estimate of drug-likeness (QED) is 0.162. The first-order valence-electron chi connectivity index (χ1n) is 17.5. The fourth-order valence-electron chi connectivity index (χ4n) is 8.75. The third-order valence-electron chi connectivity index (χ3n) is 11.1. The molecule has 2 fully saturated rings. The van der Waals surface area contributed by atoms with Gasteiger partial charge in [0.05, 0.1) is 22.1 Å². The molecule has 0 N–H and O–H groups in total. The van der Waals surface area contributed by atoms with E-state index in [4.69, 9.17) is 14.2 Å². The summed E-state index contributed by atoms with van der Waals surface area (Å²) >= 11 is 3.96. The second-order valence-electron chi connectivity index (χ2n) is 13.7. The molecule has 8 nitrogen and oxygen atoms in total. The van der Waals surface area contributed by atoms with Crippen LogP contribution in [0.5, 0.6) is 11.5 Å². The minimum absolute atomic E-state index is 0.00147. The van der Waals surface area contributed by atoms with Crippen LogP contribution in [0.25, 0.3) is 0 Å². The molecule has 1 saturated heterocycles. The molecule has 0 radical (unpaired) electrons. The van der Waals surface area contributed by atoms with Crippen LogP contribution in [0.3, 0.4) is 0 Å². The summed E-state index contributed by atoms with van der Waals surface area (Å²) in [5.41, 5.74) is 5.15. The van der Waals surface area contributed by atoms with E-state index < -0.39 is 0 Å².